The molecule has 0 saturated carbocycles. The topological polar surface area (TPSA) is 17.1 Å². The summed E-state index contributed by atoms with van der Waals surface area (Å²) in [6.45, 7) is 1.84. The van der Waals surface area contributed by atoms with E-state index in [4.69, 9.17) is 11.6 Å². The Balaban J connectivity index is 2.88. The van der Waals surface area contributed by atoms with Crippen molar-refractivity contribution in [1.29, 1.82) is 0 Å². The summed E-state index contributed by atoms with van der Waals surface area (Å²) < 4.78 is 0. The summed E-state index contributed by atoms with van der Waals surface area (Å²) in [5.74, 6) is 0.442. The van der Waals surface area contributed by atoms with Crippen molar-refractivity contribution in [2.24, 2.45) is 5.41 Å². The highest BCUT2D eigenvalue weighted by molar-refractivity contribution is 6.21. The molecule has 0 aromatic rings. The number of alkyl halides is 1. The molecule has 54 valence electrons. The molecule has 0 amide bonds. The lowest BCUT2D eigenvalue weighted by Gasteiger charge is -2.20. The van der Waals surface area contributed by atoms with Gasteiger partial charge in [0.05, 0.1) is 5.41 Å². The number of carbonyl (C=O) groups excluding carboxylic acids is 1. The van der Waals surface area contributed by atoms with Crippen molar-refractivity contribution >= 4 is 17.4 Å². The Morgan fingerprint density at radius 2 is 2.30 bits per heavy atom. The zero-order valence-corrected chi connectivity index (χ0v) is 6.56. The van der Waals surface area contributed by atoms with Crippen molar-refractivity contribution in [3.8, 4) is 0 Å². The highest BCUT2D eigenvalue weighted by Gasteiger charge is 2.28. The van der Waals surface area contributed by atoms with Gasteiger partial charge in [-0.25, -0.2) is 0 Å². The van der Waals surface area contributed by atoms with Gasteiger partial charge >= 0.3 is 0 Å². The highest BCUT2D eigenvalue weighted by atomic mass is 35.5. The second-order valence-electron chi connectivity index (χ2n) is 2.63. The maximum atomic E-state index is 11.1. The van der Waals surface area contributed by atoms with Gasteiger partial charge in [0, 0.05) is 5.88 Å². The molecule has 0 heterocycles. The molecule has 1 aliphatic carbocycles. The van der Waals surface area contributed by atoms with Gasteiger partial charge < -0.3 is 0 Å². The van der Waals surface area contributed by atoms with Gasteiger partial charge in [-0.3, -0.25) is 4.79 Å². The van der Waals surface area contributed by atoms with Crippen LogP contribution in [-0.4, -0.2) is 11.7 Å². The van der Waals surface area contributed by atoms with Gasteiger partial charge in [0.15, 0.2) is 5.78 Å². The monoisotopic (exact) mass is 156 g/mol. The van der Waals surface area contributed by atoms with Crippen LogP contribution < -0.4 is 0 Å². The van der Waals surface area contributed by atoms with Crippen molar-refractivity contribution in [2.75, 3.05) is 5.88 Å². The molecule has 1 atom stereocenters. The van der Waals surface area contributed by atoms with Crippen molar-refractivity contribution in [1.82, 2.24) is 0 Å². The van der Waals surface area contributed by atoms with Gasteiger partial charge in [-0.15, -0.1) is 11.6 Å². The molecule has 0 aromatic carbocycles. The van der Waals surface area contributed by atoms with Crippen molar-refractivity contribution in [2.45, 2.75) is 6.92 Å². The zero-order valence-electron chi connectivity index (χ0n) is 5.80. The van der Waals surface area contributed by atoms with Crippen molar-refractivity contribution in [3.63, 3.8) is 0 Å². The van der Waals surface area contributed by atoms with Crippen LogP contribution >= 0.6 is 11.6 Å². The summed E-state index contributed by atoms with van der Waals surface area (Å²) in [5, 5.41) is 0. The number of halogens is 1. The number of allylic oxidation sites excluding steroid dienone is 4. The Hall–Kier alpha value is -0.560. The van der Waals surface area contributed by atoms with E-state index in [9.17, 15) is 4.79 Å². The van der Waals surface area contributed by atoms with Gasteiger partial charge in [-0.2, -0.15) is 0 Å². The number of carbonyl (C=O) groups is 1. The predicted molar refractivity (Wildman–Crippen MR) is 42.1 cm³/mol. The van der Waals surface area contributed by atoms with E-state index in [1.165, 1.54) is 0 Å². The Bertz CT molecular complexity index is 205. The van der Waals surface area contributed by atoms with Crippen LogP contribution in [0.3, 0.4) is 0 Å². The zero-order chi connectivity index (χ0) is 7.61. The maximum Gasteiger partial charge on any atom is 0.166 e. The van der Waals surface area contributed by atoms with Crippen LogP contribution in [0.15, 0.2) is 24.3 Å². The fourth-order valence-electron chi connectivity index (χ4n) is 0.794. The Morgan fingerprint density at radius 1 is 1.60 bits per heavy atom. The van der Waals surface area contributed by atoms with Crippen molar-refractivity contribution < 1.29 is 4.79 Å². The van der Waals surface area contributed by atoms with Gasteiger partial charge in [0.25, 0.3) is 0 Å². The summed E-state index contributed by atoms with van der Waals surface area (Å²) >= 11 is 5.61. The molecule has 0 aromatic heterocycles. The fourth-order valence-corrected chi connectivity index (χ4v) is 1.01. The smallest absolute Gasteiger partial charge is 0.166 e. The molecule has 2 heteroatoms. The summed E-state index contributed by atoms with van der Waals surface area (Å²) in [6, 6.07) is 0. The Kier molecular flexibility index (Phi) is 1.95. The molecule has 0 radical (unpaired) electrons. The van der Waals surface area contributed by atoms with Crippen LogP contribution in [0.5, 0.6) is 0 Å². The van der Waals surface area contributed by atoms with Crippen LogP contribution in [0.2, 0.25) is 0 Å². The van der Waals surface area contributed by atoms with Gasteiger partial charge in [0.2, 0.25) is 0 Å². The number of hydrogen-bond acceptors (Lipinski definition) is 1. The third kappa shape index (κ3) is 1.14. The number of ketones is 1. The number of rotatable bonds is 1. The van der Waals surface area contributed by atoms with E-state index in [0.29, 0.717) is 5.88 Å². The van der Waals surface area contributed by atoms with E-state index in [1.807, 2.05) is 19.1 Å². The number of hydrogen-bond donors (Lipinski definition) is 0. The normalized spacial score (nSPS) is 31.2. The van der Waals surface area contributed by atoms with Crippen molar-refractivity contribution in [3.05, 3.63) is 24.3 Å². The first-order chi connectivity index (χ1) is 4.69. The van der Waals surface area contributed by atoms with Gasteiger partial charge in [-0.05, 0) is 13.0 Å². The maximum absolute atomic E-state index is 11.1. The first-order valence-corrected chi connectivity index (χ1v) is 3.69. The Labute approximate surface area is 65.4 Å². The molecule has 0 aliphatic heterocycles. The lowest BCUT2D eigenvalue weighted by molar-refractivity contribution is -0.120. The van der Waals surface area contributed by atoms with E-state index in [1.54, 1.807) is 12.2 Å². The third-order valence-corrected chi connectivity index (χ3v) is 2.22. The first kappa shape index (κ1) is 7.55. The molecular formula is C8H9ClO. The highest BCUT2D eigenvalue weighted by Crippen LogP contribution is 2.24. The average molecular weight is 157 g/mol. The SMILES string of the molecule is CC1(CCl)C=CC=CC1=O. The molecule has 0 saturated heterocycles. The average Bonchev–Trinajstić information content (AvgIpc) is 1.96. The van der Waals surface area contributed by atoms with E-state index in [0.717, 1.165) is 0 Å². The standard InChI is InChI=1S/C8H9ClO/c1-8(6-9)5-3-2-4-7(8)10/h2-5H,6H2,1H3. The molecular weight excluding hydrogens is 148 g/mol. The largest absolute Gasteiger partial charge is 0.294 e. The van der Waals surface area contributed by atoms with E-state index >= 15 is 0 Å². The molecule has 0 spiro atoms. The van der Waals surface area contributed by atoms with Crippen LogP contribution in [0.4, 0.5) is 0 Å². The van der Waals surface area contributed by atoms with Crippen LogP contribution in [0, 0.1) is 5.41 Å². The summed E-state index contributed by atoms with van der Waals surface area (Å²) in [4.78, 5) is 11.1. The molecule has 1 rings (SSSR count). The van der Waals surface area contributed by atoms with E-state index in [2.05, 4.69) is 0 Å². The lowest BCUT2D eigenvalue weighted by atomic mass is 9.85. The van der Waals surface area contributed by atoms with Gasteiger partial charge in [-0.1, -0.05) is 18.2 Å². The van der Waals surface area contributed by atoms with Gasteiger partial charge in [0.1, 0.15) is 0 Å². The summed E-state index contributed by atoms with van der Waals surface area (Å²) in [7, 11) is 0. The quantitative estimate of drug-likeness (QED) is 0.531. The predicted octanol–water partition coefficient (Wildman–Crippen LogP) is 1.93. The summed E-state index contributed by atoms with van der Waals surface area (Å²) in [6.07, 6.45) is 6.98. The summed E-state index contributed by atoms with van der Waals surface area (Å²) in [5.41, 5.74) is -0.462. The lowest BCUT2D eigenvalue weighted by Crippen LogP contribution is -2.26. The molecule has 1 nitrogen and oxygen atoms in total. The minimum atomic E-state index is -0.462. The van der Waals surface area contributed by atoms with Crippen LogP contribution in [0.25, 0.3) is 0 Å². The van der Waals surface area contributed by atoms with Crippen LogP contribution in [0.1, 0.15) is 6.92 Å². The molecule has 10 heavy (non-hydrogen) atoms. The molecule has 0 bridgehead atoms. The molecule has 1 unspecified atom stereocenters. The minimum absolute atomic E-state index is 0.0880. The molecule has 1 aliphatic rings. The Morgan fingerprint density at radius 3 is 2.70 bits per heavy atom. The van der Waals surface area contributed by atoms with Crippen LogP contribution in [-0.2, 0) is 4.79 Å². The second-order valence-corrected chi connectivity index (χ2v) is 2.90. The third-order valence-electron chi connectivity index (χ3n) is 1.66. The first-order valence-electron chi connectivity index (χ1n) is 3.15. The second kappa shape index (κ2) is 2.59. The molecule has 0 N–H and O–H groups in total. The fraction of sp³-hybridized carbons (Fsp3) is 0.375. The van der Waals surface area contributed by atoms with E-state index in [-0.39, 0.29) is 5.78 Å². The van der Waals surface area contributed by atoms with E-state index < -0.39 is 5.41 Å². The molecule has 0 fully saturated rings. The minimum Gasteiger partial charge on any atom is -0.294 e.